The van der Waals surface area contributed by atoms with Crippen LogP contribution >= 0.6 is 0 Å². The monoisotopic (exact) mass is 328 g/mol. The van der Waals surface area contributed by atoms with E-state index in [0.717, 1.165) is 17.6 Å². The summed E-state index contributed by atoms with van der Waals surface area (Å²) in [7, 11) is 0. The maximum absolute atomic E-state index is 12.7. The number of amides is 2. The first kappa shape index (κ1) is 16.2. The average molecular weight is 328 g/mol. The van der Waals surface area contributed by atoms with E-state index >= 15 is 0 Å². The molecule has 8 heteroatoms. The highest BCUT2D eigenvalue weighted by Crippen LogP contribution is 2.51. The molecule has 2 N–H and O–H groups in total. The molecular weight excluding hydrogens is 306 g/mol. The number of imidazole rings is 1. The number of urea groups is 1. The zero-order chi connectivity index (χ0) is 16.6. The Morgan fingerprint density at radius 1 is 1.57 bits per heavy atom. The first-order valence-corrected chi connectivity index (χ1v) is 7.87. The predicted octanol–water partition coefficient (Wildman–Crippen LogP) is 1.93. The van der Waals surface area contributed by atoms with E-state index < -0.39 is 6.55 Å². The molecule has 1 aromatic rings. The third-order valence-electron chi connectivity index (χ3n) is 4.98. The van der Waals surface area contributed by atoms with Crippen molar-refractivity contribution in [1.82, 2.24) is 20.2 Å². The van der Waals surface area contributed by atoms with Gasteiger partial charge in [0, 0.05) is 49.3 Å². The Balaban J connectivity index is 1.46. The van der Waals surface area contributed by atoms with E-state index in [0.29, 0.717) is 5.92 Å². The van der Waals surface area contributed by atoms with Crippen molar-refractivity contribution < 1.29 is 18.3 Å². The molecule has 23 heavy (non-hydrogen) atoms. The highest BCUT2D eigenvalue weighted by atomic mass is 19.3. The summed E-state index contributed by atoms with van der Waals surface area (Å²) in [6.07, 6.45) is 4.00. The van der Waals surface area contributed by atoms with Gasteiger partial charge in [-0.1, -0.05) is 13.8 Å². The van der Waals surface area contributed by atoms with E-state index in [4.69, 9.17) is 4.74 Å². The van der Waals surface area contributed by atoms with Crippen molar-refractivity contribution in [3.8, 4) is 0 Å². The first-order chi connectivity index (χ1) is 10.9. The Hall–Kier alpha value is -1.70. The minimum Gasteiger partial charge on any atom is -0.377 e. The number of hydrogen-bond acceptors (Lipinski definition) is 3. The molecule has 0 bridgehead atoms. The Bertz CT molecular complexity index is 576. The summed E-state index contributed by atoms with van der Waals surface area (Å²) in [6, 6.07) is -0.193. The Kier molecular flexibility index (Phi) is 4.27. The third-order valence-corrected chi connectivity index (χ3v) is 4.98. The van der Waals surface area contributed by atoms with Crippen LogP contribution in [0.1, 0.15) is 32.6 Å². The van der Waals surface area contributed by atoms with Crippen LogP contribution in [0, 0.1) is 11.3 Å². The van der Waals surface area contributed by atoms with E-state index in [9.17, 15) is 13.6 Å². The second kappa shape index (κ2) is 6.07. The van der Waals surface area contributed by atoms with Crippen LogP contribution in [0.15, 0.2) is 12.4 Å². The molecular formula is C15H22F2N4O2. The van der Waals surface area contributed by atoms with Crippen molar-refractivity contribution >= 4 is 6.03 Å². The van der Waals surface area contributed by atoms with Crippen molar-refractivity contribution in [3.05, 3.63) is 18.2 Å². The van der Waals surface area contributed by atoms with E-state index in [2.05, 4.69) is 29.5 Å². The second-order valence-electron chi connectivity index (χ2n) is 6.72. The van der Waals surface area contributed by atoms with Crippen LogP contribution in [-0.2, 0) is 11.2 Å². The van der Waals surface area contributed by atoms with E-state index in [-0.39, 0.29) is 42.4 Å². The van der Waals surface area contributed by atoms with Gasteiger partial charge in [-0.05, 0) is 6.42 Å². The second-order valence-corrected chi connectivity index (χ2v) is 6.72. The number of nitrogens with one attached hydrogen (secondary N) is 2. The molecule has 0 radical (unpaired) electrons. The molecule has 1 aliphatic carbocycles. The molecule has 1 saturated heterocycles. The molecule has 128 valence electrons. The van der Waals surface area contributed by atoms with Crippen LogP contribution in [0.4, 0.5) is 13.6 Å². The number of halogens is 2. The van der Waals surface area contributed by atoms with Gasteiger partial charge in [0.05, 0.1) is 6.10 Å². The number of carbonyl (C=O) groups is 1. The van der Waals surface area contributed by atoms with Gasteiger partial charge in [-0.25, -0.2) is 9.78 Å². The molecule has 3 rings (SSSR count). The number of ether oxygens (including phenoxy) is 1. The summed E-state index contributed by atoms with van der Waals surface area (Å²) in [4.78, 5) is 15.9. The summed E-state index contributed by atoms with van der Waals surface area (Å²) in [5, 5.41) is 5.70. The molecule has 2 fully saturated rings. The zero-order valence-electron chi connectivity index (χ0n) is 13.3. The van der Waals surface area contributed by atoms with Crippen molar-refractivity contribution in [3.63, 3.8) is 0 Å². The zero-order valence-corrected chi connectivity index (χ0v) is 13.3. The standard InChI is InChI=1S/C15H22F2N4O2/c1-15(2)11(9-4-8-23-12(9)15)20-14(22)19-5-3-10-18-6-7-21(10)13(16)17/h6-7,9,11-13H,3-5,8H2,1-2H3,(H2,19,20,22)/t9-,11-,12-/m1/s1. The number of alkyl halides is 2. The van der Waals surface area contributed by atoms with Crippen molar-refractivity contribution in [2.24, 2.45) is 11.3 Å². The Morgan fingerprint density at radius 3 is 3.09 bits per heavy atom. The lowest BCUT2D eigenvalue weighted by atomic mass is 9.57. The fourth-order valence-corrected chi connectivity index (χ4v) is 3.81. The minimum atomic E-state index is -2.61. The van der Waals surface area contributed by atoms with Gasteiger partial charge >= 0.3 is 12.6 Å². The third kappa shape index (κ3) is 2.91. The molecule has 2 aliphatic rings. The normalized spacial score (nSPS) is 28.3. The SMILES string of the molecule is CC1(C)[C@H](NC(=O)NCCc2nccn2C(F)F)[C@H]2CCO[C@H]21. The number of rotatable bonds is 5. The molecule has 3 atom stereocenters. The van der Waals surface area contributed by atoms with Gasteiger partial charge in [0.1, 0.15) is 5.82 Å². The summed E-state index contributed by atoms with van der Waals surface area (Å²) in [5.74, 6) is 0.627. The van der Waals surface area contributed by atoms with Gasteiger partial charge < -0.3 is 15.4 Å². The smallest absolute Gasteiger partial charge is 0.319 e. The lowest BCUT2D eigenvalue weighted by Gasteiger charge is -2.54. The molecule has 0 spiro atoms. The molecule has 1 saturated carbocycles. The van der Waals surface area contributed by atoms with Gasteiger partial charge in [-0.2, -0.15) is 8.78 Å². The summed E-state index contributed by atoms with van der Waals surface area (Å²) in [5.41, 5.74) is -0.0789. The number of carbonyl (C=O) groups excluding carboxylic acids is 1. The maximum atomic E-state index is 12.7. The maximum Gasteiger partial charge on any atom is 0.319 e. The Labute approximate surface area is 133 Å². The lowest BCUT2D eigenvalue weighted by Crippen LogP contribution is -2.67. The largest absolute Gasteiger partial charge is 0.377 e. The van der Waals surface area contributed by atoms with Crippen molar-refractivity contribution in [2.45, 2.75) is 45.4 Å². The van der Waals surface area contributed by atoms with E-state index in [1.54, 1.807) is 0 Å². The predicted molar refractivity (Wildman–Crippen MR) is 79.1 cm³/mol. The molecule has 1 aromatic heterocycles. The topological polar surface area (TPSA) is 68.2 Å². The van der Waals surface area contributed by atoms with Crippen LogP contribution in [0.25, 0.3) is 0 Å². The lowest BCUT2D eigenvalue weighted by molar-refractivity contribution is -0.108. The minimum absolute atomic E-state index is 0.0789. The van der Waals surface area contributed by atoms with Gasteiger partial charge in [0.2, 0.25) is 0 Å². The fraction of sp³-hybridized carbons (Fsp3) is 0.733. The number of fused-ring (bicyclic) bond motifs is 1. The number of nitrogens with zero attached hydrogens (tertiary/aromatic N) is 2. The van der Waals surface area contributed by atoms with Crippen LogP contribution in [0.5, 0.6) is 0 Å². The van der Waals surface area contributed by atoms with Gasteiger partial charge in [0.25, 0.3) is 0 Å². The van der Waals surface area contributed by atoms with Crippen LogP contribution in [0.3, 0.4) is 0 Å². The first-order valence-electron chi connectivity index (χ1n) is 7.87. The van der Waals surface area contributed by atoms with Crippen LogP contribution in [-0.4, -0.2) is 40.9 Å². The molecule has 0 unspecified atom stereocenters. The van der Waals surface area contributed by atoms with Crippen molar-refractivity contribution in [2.75, 3.05) is 13.2 Å². The van der Waals surface area contributed by atoms with E-state index in [1.165, 1.54) is 12.4 Å². The molecule has 6 nitrogen and oxygen atoms in total. The number of hydrogen-bond donors (Lipinski definition) is 2. The molecule has 2 amide bonds. The van der Waals surface area contributed by atoms with E-state index in [1.807, 2.05) is 0 Å². The van der Waals surface area contributed by atoms with Gasteiger partial charge in [-0.15, -0.1) is 0 Å². The van der Waals surface area contributed by atoms with Gasteiger partial charge in [0.15, 0.2) is 0 Å². The summed E-state index contributed by atoms with van der Waals surface area (Å²) < 4.78 is 31.9. The van der Waals surface area contributed by atoms with Crippen LogP contribution in [0.2, 0.25) is 0 Å². The molecule has 0 aromatic carbocycles. The van der Waals surface area contributed by atoms with Crippen LogP contribution < -0.4 is 10.6 Å². The summed E-state index contributed by atoms with van der Waals surface area (Å²) in [6.45, 7) is 2.56. The molecule has 2 heterocycles. The van der Waals surface area contributed by atoms with Gasteiger partial charge in [-0.3, -0.25) is 4.57 Å². The van der Waals surface area contributed by atoms with Crippen molar-refractivity contribution in [1.29, 1.82) is 0 Å². The summed E-state index contributed by atoms with van der Waals surface area (Å²) >= 11 is 0. The highest BCUT2D eigenvalue weighted by Gasteiger charge is 2.59. The Morgan fingerprint density at radius 2 is 2.35 bits per heavy atom. The fourth-order valence-electron chi connectivity index (χ4n) is 3.81. The molecule has 1 aliphatic heterocycles. The average Bonchev–Trinajstić information content (AvgIpc) is 3.12. The number of aromatic nitrogens is 2. The highest BCUT2D eigenvalue weighted by molar-refractivity contribution is 5.74. The quantitative estimate of drug-likeness (QED) is 0.868.